The van der Waals surface area contributed by atoms with Crippen molar-refractivity contribution in [3.8, 4) is 22.3 Å². The lowest BCUT2D eigenvalue weighted by molar-refractivity contribution is 0.689. The van der Waals surface area contributed by atoms with E-state index >= 15 is 0 Å². The number of benzene rings is 5. The van der Waals surface area contributed by atoms with Gasteiger partial charge in [-0.15, -0.1) is 22.7 Å². The second kappa shape index (κ2) is 12.6. The molecule has 3 nitrogen and oxygen atoms in total. The summed E-state index contributed by atoms with van der Waals surface area (Å²) in [4.78, 5) is 7.31. The van der Waals surface area contributed by atoms with Gasteiger partial charge in [0, 0.05) is 51.3 Å². The number of hydrogen-bond acceptors (Lipinski definition) is 5. The Morgan fingerprint density at radius 1 is 0.489 bits per heavy atom. The maximum absolute atomic E-state index is 2.56. The van der Waals surface area contributed by atoms with Crippen LogP contribution in [0.15, 0.2) is 156 Å². The lowest BCUT2D eigenvalue weighted by atomic mass is 9.94. The van der Waals surface area contributed by atoms with Gasteiger partial charge in [-0.25, -0.2) is 0 Å². The predicted molar refractivity (Wildman–Crippen MR) is 204 cm³/mol. The number of rotatable bonds is 8. The summed E-state index contributed by atoms with van der Waals surface area (Å²) in [6.45, 7) is 4.63. The molecule has 230 valence electrons. The third-order valence-corrected chi connectivity index (χ3v) is 10.7. The first kappa shape index (κ1) is 29.3. The van der Waals surface area contributed by atoms with Crippen LogP contribution in [0.5, 0.6) is 0 Å². The molecule has 0 fully saturated rings. The first-order chi connectivity index (χ1) is 23.2. The van der Waals surface area contributed by atoms with Crippen LogP contribution in [0.25, 0.3) is 22.3 Å². The molecule has 8 rings (SSSR count). The molecule has 7 aromatic rings. The summed E-state index contributed by atoms with van der Waals surface area (Å²) in [5.41, 5.74) is 12.0. The van der Waals surface area contributed by atoms with Crippen molar-refractivity contribution in [3.05, 3.63) is 156 Å². The maximum atomic E-state index is 2.56. The van der Waals surface area contributed by atoms with Gasteiger partial charge in [-0.2, -0.15) is 0 Å². The molecule has 0 bridgehead atoms. The fraction of sp³-hybridized carbons (Fsp3) is 0.0952. The van der Waals surface area contributed by atoms with Crippen molar-refractivity contribution in [2.24, 2.45) is 0 Å². The van der Waals surface area contributed by atoms with E-state index < -0.39 is 0 Å². The second-order valence-electron chi connectivity index (χ2n) is 11.8. The van der Waals surface area contributed by atoms with Gasteiger partial charge in [0.1, 0.15) is 0 Å². The number of para-hydroxylation sites is 2. The number of anilines is 8. The summed E-state index contributed by atoms with van der Waals surface area (Å²) in [5.74, 6) is 0. The van der Waals surface area contributed by atoms with Gasteiger partial charge in [-0.05, 0) is 120 Å². The van der Waals surface area contributed by atoms with Gasteiger partial charge >= 0.3 is 0 Å². The smallest absolute Gasteiger partial charge is 0.0999 e. The third-order valence-electron chi connectivity index (χ3n) is 9.02. The topological polar surface area (TPSA) is 9.72 Å². The van der Waals surface area contributed by atoms with Crippen molar-refractivity contribution >= 4 is 66.8 Å². The molecule has 0 saturated heterocycles. The lowest BCUT2D eigenvalue weighted by Crippen LogP contribution is -2.28. The van der Waals surface area contributed by atoms with E-state index in [-0.39, 0.29) is 0 Å². The molecule has 0 aliphatic carbocycles. The SMILES string of the molecule is CCC(C)N1c2ccc(N(c3ccccc3)c3cccs3)cc2-c2ccccc2-c2cc(N(c3ccccc3)c3cccs3)ccc21. The summed E-state index contributed by atoms with van der Waals surface area (Å²) in [7, 11) is 0. The average Bonchev–Trinajstić information content (AvgIpc) is 3.84. The summed E-state index contributed by atoms with van der Waals surface area (Å²) in [5, 5.41) is 6.69. The van der Waals surface area contributed by atoms with Gasteiger partial charge < -0.3 is 14.7 Å². The Morgan fingerprint density at radius 3 is 1.34 bits per heavy atom. The highest BCUT2D eigenvalue weighted by atomic mass is 32.1. The largest absolute Gasteiger partial charge is 0.338 e. The maximum Gasteiger partial charge on any atom is 0.0999 e. The molecule has 1 atom stereocenters. The fourth-order valence-electron chi connectivity index (χ4n) is 6.67. The van der Waals surface area contributed by atoms with Gasteiger partial charge in [0.15, 0.2) is 0 Å². The number of hydrogen-bond donors (Lipinski definition) is 0. The first-order valence-corrected chi connectivity index (χ1v) is 17.9. The number of nitrogens with zero attached hydrogens (tertiary/aromatic N) is 3. The van der Waals surface area contributed by atoms with E-state index in [0.29, 0.717) is 6.04 Å². The summed E-state index contributed by atoms with van der Waals surface area (Å²) in [6, 6.07) is 53.3. The molecule has 0 saturated carbocycles. The van der Waals surface area contributed by atoms with E-state index in [1.165, 1.54) is 43.6 Å². The highest BCUT2D eigenvalue weighted by Gasteiger charge is 2.29. The van der Waals surface area contributed by atoms with Gasteiger partial charge in [-0.3, -0.25) is 0 Å². The van der Waals surface area contributed by atoms with Crippen molar-refractivity contribution in [1.29, 1.82) is 0 Å². The predicted octanol–water partition coefficient (Wildman–Crippen LogP) is 13.3. The molecule has 47 heavy (non-hydrogen) atoms. The van der Waals surface area contributed by atoms with Crippen molar-refractivity contribution in [3.63, 3.8) is 0 Å². The van der Waals surface area contributed by atoms with Gasteiger partial charge in [-0.1, -0.05) is 67.6 Å². The zero-order valence-electron chi connectivity index (χ0n) is 26.5. The van der Waals surface area contributed by atoms with Crippen LogP contribution in [0.4, 0.5) is 44.1 Å². The van der Waals surface area contributed by atoms with Crippen LogP contribution in [0, 0.1) is 0 Å². The van der Waals surface area contributed by atoms with Crippen molar-refractivity contribution < 1.29 is 0 Å². The highest BCUT2D eigenvalue weighted by Crippen LogP contribution is 2.52. The molecule has 5 heteroatoms. The van der Waals surface area contributed by atoms with Gasteiger partial charge in [0.2, 0.25) is 0 Å². The molecule has 3 heterocycles. The molecular weight excluding hydrogens is 611 g/mol. The van der Waals surface area contributed by atoms with E-state index in [9.17, 15) is 0 Å². The fourth-order valence-corrected chi connectivity index (χ4v) is 8.21. The van der Waals surface area contributed by atoms with Gasteiger partial charge in [0.05, 0.1) is 10.0 Å². The molecule has 0 radical (unpaired) electrons. The summed E-state index contributed by atoms with van der Waals surface area (Å²) < 4.78 is 0. The van der Waals surface area contributed by atoms with Crippen LogP contribution < -0.4 is 14.7 Å². The van der Waals surface area contributed by atoms with Crippen LogP contribution in [0.3, 0.4) is 0 Å². The molecule has 5 aromatic carbocycles. The quantitative estimate of drug-likeness (QED) is 0.163. The minimum absolute atomic E-state index is 0.295. The molecule has 1 aliphatic rings. The molecule has 2 aromatic heterocycles. The third kappa shape index (κ3) is 5.32. The second-order valence-corrected chi connectivity index (χ2v) is 13.7. The molecular formula is C42H35N3S2. The van der Waals surface area contributed by atoms with E-state index in [2.05, 4.69) is 185 Å². The Hall–Kier alpha value is -5.10. The summed E-state index contributed by atoms with van der Waals surface area (Å²) >= 11 is 3.52. The molecule has 0 N–H and O–H groups in total. The zero-order chi connectivity index (χ0) is 31.7. The molecule has 0 spiro atoms. The molecule has 1 unspecified atom stereocenters. The van der Waals surface area contributed by atoms with Crippen LogP contribution in [0.1, 0.15) is 20.3 Å². The van der Waals surface area contributed by atoms with Crippen LogP contribution in [0.2, 0.25) is 0 Å². The van der Waals surface area contributed by atoms with E-state index in [4.69, 9.17) is 0 Å². The van der Waals surface area contributed by atoms with E-state index in [1.807, 2.05) is 0 Å². The lowest BCUT2D eigenvalue weighted by Gasteiger charge is -2.34. The Bertz CT molecular complexity index is 1960. The molecule has 0 amide bonds. The average molecular weight is 646 g/mol. The van der Waals surface area contributed by atoms with Crippen molar-refractivity contribution in [1.82, 2.24) is 0 Å². The van der Waals surface area contributed by atoms with Crippen molar-refractivity contribution in [2.45, 2.75) is 26.3 Å². The van der Waals surface area contributed by atoms with Crippen LogP contribution >= 0.6 is 22.7 Å². The van der Waals surface area contributed by atoms with Gasteiger partial charge in [0.25, 0.3) is 0 Å². The minimum atomic E-state index is 0.295. The standard InChI is InChI=1S/C42H35N3S2/c1-3-30(2)43-39-24-22-33(44(41-20-12-26-46-41)31-14-6-4-7-15-31)28-37(39)35-18-10-11-19-36(35)38-29-34(23-25-40(38)43)45(42-21-13-27-47-42)32-16-8-5-9-17-32/h4-30H,3H2,1-2H3. The van der Waals surface area contributed by atoms with Crippen LogP contribution in [-0.2, 0) is 0 Å². The van der Waals surface area contributed by atoms with E-state index in [1.54, 1.807) is 22.7 Å². The van der Waals surface area contributed by atoms with Crippen molar-refractivity contribution in [2.75, 3.05) is 14.7 Å². The van der Waals surface area contributed by atoms with E-state index in [0.717, 1.165) is 29.2 Å². The minimum Gasteiger partial charge on any atom is -0.338 e. The number of thiophene rings is 2. The summed E-state index contributed by atoms with van der Waals surface area (Å²) in [6.07, 6.45) is 1.02. The highest BCUT2D eigenvalue weighted by molar-refractivity contribution is 7.14. The Balaban J connectivity index is 1.35. The first-order valence-electron chi connectivity index (χ1n) is 16.2. The molecule has 1 aliphatic heterocycles. The zero-order valence-corrected chi connectivity index (χ0v) is 28.1. The van der Waals surface area contributed by atoms with Crippen LogP contribution in [-0.4, -0.2) is 6.04 Å². The normalized spacial score (nSPS) is 12.4. The monoisotopic (exact) mass is 645 g/mol. The Morgan fingerprint density at radius 2 is 0.936 bits per heavy atom. The Kier molecular flexibility index (Phi) is 7.86. The number of fused-ring (bicyclic) bond motifs is 5. The Labute approximate surface area is 285 Å².